The number of thiophene rings is 1. The molecule has 1 aliphatic heterocycles. The topological polar surface area (TPSA) is 66.5 Å². The van der Waals surface area contributed by atoms with Gasteiger partial charge in [-0.15, -0.1) is 11.3 Å². The summed E-state index contributed by atoms with van der Waals surface area (Å²) in [5.74, 6) is 0.0380. The standard InChI is InChI=1S/C17H24N2O3S/c1-11(10-19-8-4-5-17(19)22)18-16(21)7-6-15(20)14-9-12(2)23-13(14)3/h9,11H,4-8,10H2,1-3H3,(H,18,21)/t11-/m0/s1. The molecule has 2 heterocycles. The summed E-state index contributed by atoms with van der Waals surface area (Å²) in [5, 5.41) is 2.87. The Morgan fingerprint density at radius 2 is 2.09 bits per heavy atom. The van der Waals surface area contributed by atoms with Crippen molar-refractivity contribution in [2.45, 2.75) is 52.5 Å². The molecule has 0 aliphatic carbocycles. The van der Waals surface area contributed by atoms with Crippen LogP contribution in [0.3, 0.4) is 0 Å². The van der Waals surface area contributed by atoms with Crippen molar-refractivity contribution in [2.24, 2.45) is 0 Å². The Kier molecular flexibility index (Phi) is 5.93. The van der Waals surface area contributed by atoms with Crippen molar-refractivity contribution in [3.8, 4) is 0 Å². The number of hydrogen-bond donors (Lipinski definition) is 1. The fourth-order valence-corrected chi connectivity index (χ4v) is 3.83. The third kappa shape index (κ3) is 4.89. The van der Waals surface area contributed by atoms with Crippen LogP contribution in [0.5, 0.6) is 0 Å². The minimum absolute atomic E-state index is 0.0179. The van der Waals surface area contributed by atoms with Gasteiger partial charge in [0.05, 0.1) is 0 Å². The molecule has 0 radical (unpaired) electrons. The molecule has 1 aromatic heterocycles. The molecule has 0 unspecified atom stereocenters. The molecule has 2 rings (SSSR count). The first-order chi connectivity index (χ1) is 10.9. The van der Waals surface area contributed by atoms with Crippen LogP contribution in [0.1, 0.15) is 52.7 Å². The molecule has 126 valence electrons. The summed E-state index contributed by atoms with van der Waals surface area (Å²) in [4.78, 5) is 39.6. The SMILES string of the molecule is Cc1cc(C(=O)CCC(=O)N[C@@H](C)CN2CCCC2=O)c(C)s1. The van der Waals surface area contributed by atoms with E-state index in [1.54, 1.807) is 16.2 Å². The molecule has 1 aromatic rings. The number of aryl methyl sites for hydroxylation is 2. The predicted molar refractivity (Wildman–Crippen MR) is 90.8 cm³/mol. The van der Waals surface area contributed by atoms with Gasteiger partial charge >= 0.3 is 0 Å². The molecule has 0 bridgehead atoms. The molecule has 0 aromatic carbocycles. The molecular formula is C17H24N2O3S. The van der Waals surface area contributed by atoms with Gasteiger partial charge in [-0.05, 0) is 33.3 Å². The van der Waals surface area contributed by atoms with Gasteiger partial charge in [0.15, 0.2) is 5.78 Å². The second kappa shape index (κ2) is 7.73. The van der Waals surface area contributed by atoms with Crippen LogP contribution < -0.4 is 5.32 Å². The van der Waals surface area contributed by atoms with Crippen LogP contribution >= 0.6 is 11.3 Å². The van der Waals surface area contributed by atoms with E-state index in [2.05, 4.69) is 5.32 Å². The van der Waals surface area contributed by atoms with Crippen LogP contribution in [0.4, 0.5) is 0 Å². The second-order valence-electron chi connectivity index (χ2n) is 6.16. The van der Waals surface area contributed by atoms with Crippen LogP contribution in [0.15, 0.2) is 6.07 Å². The fourth-order valence-electron chi connectivity index (χ4n) is 2.89. The zero-order valence-electron chi connectivity index (χ0n) is 14.0. The average Bonchev–Trinajstić information content (AvgIpc) is 3.02. The third-order valence-electron chi connectivity index (χ3n) is 3.99. The van der Waals surface area contributed by atoms with Gasteiger partial charge in [-0.25, -0.2) is 0 Å². The molecule has 1 atom stereocenters. The molecule has 5 nitrogen and oxygen atoms in total. The molecule has 2 amide bonds. The van der Waals surface area contributed by atoms with E-state index in [4.69, 9.17) is 0 Å². The first kappa shape index (κ1) is 17.7. The molecule has 1 aliphatic rings. The number of likely N-dealkylation sites (tertiary alicyclic amines) is 1. The van der Waals surface area contributed by atoms with Crippen LogP contribution in [0.25, 0.3) is 0 Å². The Hall–Kier alpha value is -1.69. The molecule has 0 saturated carbocycles. The maximum Gasteiger partial charge on any atom is 0.222 e. The monoisotopic (exact) mass is 336 g/mol. The van der Waals surface area contributed by atoms with E-state index in [-0.39, 0.29) is 36.5 Å². The molecular weight excluding hydrogens is 312 g/mol. The van der Waals surface area contributed by atoms with Crippen molar-refractivity contribution >= 4 is 28.9 Å². The highest BCUT2D eigenvalue weighted by Crippen LogP contribution is 2.22. The second-order valence-corrected chi connectivity index (χ2v) is 7.62. The largest absolute Gasteiger partial charge is 0.352 e. The summed E-state index contributed by atoms with van der Waals surface area (Å²) in [7, 11) is 0. The highest BCUT2D eigenvalue weighted by atomic mass is 32.1. The van der Waals surface area contributed by atoms with E-state index >= 15 is 0 Å². The van der Waals surface area contributed by atoms with Gasteiger partial charge < -0.3 is 10.2 Å². The third-order valence-corrected chi connectivity index (χ3v) is 4.96. The number of rotatable bonds is 7. The van der Waals surface area contributed by atoms with Crippen molar-refractivity contribution in [1.82, 2.24) is 10.2 Å². The number of ketones is 1. The normalized spacial score (nSPS) is 15.8. The quantitative estimate of drug-likeness (QED) is 0.778. The van der Waals surface area contributed by atoms with Crippen LogP contribution in [0, 0.1) is 13.8 Å². The van der Waals surface area contributed by atoms with Gasteiger partial charge in [0.1, 0.15) is 0 Å². The Morgan fingerprint density at radius 3 is 2.65 bits per heavy atom. The number of carbonyl (C=O) groups is 3. The Morgan fingerprint density at radius 1 is 1.35 bits per heavy atom. The molecule has 0 spiro atoms. The zero-order chi connectivity index (χ0) is 17.0. The lowest BCUT2D eigenvalue weighted by Gasteiger charge is -2.21. The molecule has 1 N–H and O–H groups in total. The summed E-state index contributed by atoms with van der Waals surface area (Å²) >= 11 is 1.60. The Balaban J connectivity index is 1.75. The first-order valence-electron chi connectivity index (χ1n) is 8.04. The van der Waals surface area contributed by atoms with Crippen LogP contribution in [-0.2, 0) is 9.59 Å². The fraction of sp³-hybridized carbons (Fsp3) is 0.588. The summed E-state index contributed by atoms with van der Waals surface area (Å²) in [6, 6.07) is 1.80. The van der Waals surface area contributed by atoms with Crippen LogP contribution in [-0.4, -0.2) is 41.6 Å². The van der Waals surface area contributed by atoms with Gasteiger partial charge in [-0.1, -0.05) is 0 Å². The van der Waals surface area contributed by atoms with Crippen molar-refractivity contribution in [1.29, 1.82) is 0 Å². The number of amides is 2. The number of hydrogen-bond acceptors (Lipinski definition) is 4. The van der Waals surface area contributed by atoms with E-state index in [1.807, 2.05) is 26.8 Å². The van der Waals surface area contributed by atoms with Gasteiger partial charge in [-0.3, -0.25) is 14.4 Å². The van der Waals surface area contributed by atoms with Crippen molar-refractivity contribution in [3.63, 3.8) is 0 Å². The highest BCUT2D eigenvalue weighted by Gasteiger charge is 2.22. The summed E-state index contributed by atoms with van der Waals surface area (Å²) in [6.07, 6.45) is 1.91. The lowest BCUT2D eigenvalue weighted by atomic mass is 10.1. The predicted octanol–water partition coefficient (Wildman–Crippen LogP) is 2.45. The minimum Gasteiger partial charge on any atom is -0.352 e. The van der Waals surface area contributed by atoms with E-state index < -0.39 is 0 Å². The first-order valence-corrected chi connectivity index (χ1v) is 8.86. The number of nitrogens with zero attached hydrogens (tertiary/aromatic N) is 1. The van der Waals surface area contributed by atoms with Crippen molar-refractivity contribution in [2.75, 3.05) is 13.1 Å². The zero-order valence-corrected chi connectivity index (χ0v) is 14.8. The summed E-state index contributed by atoms with van der Waals surface area (Å²) in [5.41, 5.74) is 0.732. The lowest BCUT2D eigenvalue weighted by molar-refractivity contribution is -0.129. The highest BCUT2D eigenvalue weighted by molar-refractivity contribution is 7.12. The summed E-state index contributed by atoms with van der Waals surface area (Å²) < 4.78 is 0. The summed E-state index contributed by atoms with van der Waals surface area (Å²) in [6.45, 7) is 7.11. The Labute approximate surface area is 141 Å². The van der Waals surface area contributed by atoms with E-state index in [9.17, 15) is 14.4 Å². The number of nitrogens with one attached hydrogen (secondary N) is 1. The van der Waals surface area contributed by atoms with Crippen molar-refractivity contribution in [3.05, 3.63) is 21.4 Å². The van der Waals surface area contributed by atoms with Gasteiger partial charge in [-0.2, -0.15) is 0 Å². The average molecular weight is 336 g/mol. The molecule has 1 fully saturated rings. The maximum absolute atomic E-state index is 12.2. The van der Waals surface area contributed by atoms with Gasteiger partial charge in [0.2, 0.25) is 11.8 Å². The van der Waals surface area contributed by atoms with Gasteiger partial charge in [0.25, 0.3) is 0 Å². The minimum atomic E-state index is -0.137. The van der Waals surface area contributed by atoms with Crippen molar-refractivity contribution < 1.29 is 14.4 Å². The van der Waals surface area contributed by atoms with E-state index in [0.29, 0.717) is 13.0 Å². The molecule has 6 heteroatoms. The molecule has 23 heavy (non-hydrogen) atoms. The smallest absolute Gasteiger partial charge is 0.222 e. The number of Topliss-reactive ketones (excluding diaryl/α,β-unsaturated/α-hetero) is 1. The van der Waals surface area contributed by atoms with Crippen LogP contribution in [0.2, 0.25) is 0 Å². The lowest BCUT2D eigenvalue weighted by Crippen LogP contribution is -2.42. The molecule has 1 saturated heterocycles. The van der Waals surface area contributed by atoms with E-state index in [1.165, 1.54) is 0 Å². The Bertz CT molecular complexity index is 609. The maximum atomic E-state index is 12.2. The van der Waals surface area contributed by atoms with Gasteiger partial charge in [0, 0.05) is 53.7 Å². The number of carbonyl (C=O) groups excluding carboxylic acids is 3. The van der Waals surface area contributed by atoms with E-state index in [0.717, 1.165) is 28.3 Å².